The van der Waals surface area contributed by atoms with Crippen molar-refractivity contribution in [3.05, 3.63) is 26.6 Å². The van der Waals surface area contributed by atoms with E-state index in [0.29, 0.717) is 6.61 Å². The molecule has 1 aromatic carbocycles. The summed E-state index contributed by atoms with van der Waals surface area (Å²) in [7, 11) is 0. The molecule has 4 heteroatoms. The molecule has 1 aromatic rings. The van der Waals surface area contributed by atoms with Crippen LogP contribution in [-0.4, -0.2) is 11.7 Å². The molecular formula is C11H14Br2O2. The van der Waals surface area contributed by atoms with Crippen LogP contribution in [0.5, 0.6) is 5.75 Å². The molecule has 0 saturated carbocycles. The number of unbranched alkanes of at least 4 members (excludes halogenated alkanes) is 1. The number of hydrogen-bond acceptors (Lipinski definition) is 2. The summed E-state index contributed by atoms with van der Waals surface area (Å²) < 4.78 is 7.38. The highest BCUT2D eigenvalue weighted by Gasteiger charge is 2.08. The van der Waals surface area contributed by atoms with Crippen molar-refractivity contribution in [3.8, 4) is 5.75 Å². The van der Waals surface area contributed by atoms with Crippen molar-refractivity contribution >= 4 is 31.9 Å². The lowest BCUT2D eigenvalue weighted by Crippen LogP contribution is -1.98. The van der Waals surface area contributed by atoms with Crippen molar-refractivity contribution in [1.29, 1.82) is 0 Å². The highest BCUT2D eigenvalue weighted by atomic mass is 79.9. The van der Waals surface area contributed by atoms with E-state index in [2.05, 4.69) is 38.8 Å². The van der Waals surface area contributed by atoms with Crippen molar-refractivity contribution in [2.24, 2.45) is 0 Å². The van der Waals surface area contributed by atoms with E-state index in [1.54, 1.807) is 0 Å². The van der Waals surface area contributed by atoms with Crippen LogP contribution in [0.25, 0.3) is 0 Å². The second-order valence-corrected chi connectivity index (χ2v) is 4.96. The summed E-state index contributed by atoms with van der Waals surface area (Å²) >= 11 is 6.85. The fourth-order valence-electron chi connectivity index (χ4n) is 1.16. The van der Waals surface area contributed by atoms with E-state index in [1.165, 1.54) is 0 Å². The van der Waals surface area contributed by atoms with Crippen molar-refractivity contribution in [3.63, 3.8) is 0 Å². The molecule has 0 aliphatic carbocycles. The van der Waals surface area contributed by atoms with Gasteiger partial charge >= 0.3 is 0 Å². The van der Waals surface area contributed by atoms with E-state index < -0.39 is 0 Å². The maximum Gasteiger partial charge on any atom is 0.147 e. The minimum absolute atomic E-state index is 0.0342. The Hall–Kier alpha value is -0.0600. The van der Waals surface area contributed by atoms with Gasteiger partial charge in [-0.25, -0.2) is 0 Å². The number of halogens is 2. The van der Waals surface area contributed by atoms with Crippen LogP contribution in [0, 0.1) is 0 Å². The molecule has 0 heterocycles. The first kappa shape index (κ1) is 13.0. The van der Waals surface area contributed by atoms with Crippen LogP contribution in [0.3, 0.4) is 0 Å². The average molecular weight is 338 g/mol. The third-order valence-corrected chi connectivity index (χ3v) is 3.16. The summed E-state index contributed by atoms with van der Waals surface area (Å²) in [5.74, 6) is 0.806. The van der Waals surface area contributed by atoms with E-state index in [4.69, 9.17) is 9.84 Å². The van der Waals surface area contributed by atoms with Gasteiger partial charge in [-0.1, -0.05) is 13.3 Å². The number of aliphatic hydroxyl groups excluding tert-OH is 1. The molecule has 2 nitrogen and oxygen atoms in total. The van der Waals surface area contributed by atoms with Crippen LogP contribution in [-0.2, 0) is 6.61 Å². The standard InChI is InChI=1S/C11H14Br2O2/c1-2-3-4-15-11-9(12)5-8(7-14)6-10(11)13/h5-6,14H,2-4,7H2,1H3. The van der Waals surface area contributed by atoms with E-state index in [0.717, 1.165) is 33.1 Å². The van der Waals surface area contributed by atoms with Gasteiger partial charge in [-0.05, 0) is 56.0 Å². The monoisotopic (exact) mass is 336 g/mol. The molecular weight excluding hydrogens is 324 g/mol. The number of ether oxygens (including phenoxy) is 1. The molecule has 0 spiro atoms. The Balaban J connectivity index is 2.79. The number of aliphatic hydroxyl groups is 1. The van der Waals surface area contributed by atoms with Crippen molar-refractivity contribution in [1.82, 2.24) is 0 Å². The van der Waals surface area contributed by atoms with Crippen molar-refractivity contribution in [2.45, 2.75) is 26.4 Å². The Morgan fingerprint density at radius 3 is 2.33 bits per heavy atom. The maximum absolute atomic E-state index is 9.01. The van der Waals surface area contributed by atoms with Gasteiger partial charge in [0.15, 0.2) is 0 Å². The molecule has 0 atom stereocenters. The minimum Gasteiger partial charge on any atom is -0.491 e. The normalized spacial score (nSPS) is 10.4. The van der Waals surface area contributed by atoms with Crippen LogP contribution in [0.2, 0.25) is 0 Å². The van der Waals surface area contributed by atoms with Gasteiger partial charge in [0.25, 0.3) is 0 Å². The van der Waals surface area contributed by atoms with Gasteiger partial charge in [0, 0.05) is 0 Å². The van der Waals surface area contributed by atoms with Crippen LogP contribution in [0.4, 0.5) is 0 Å². The summed E-state index contributed by atoms with van der Waals surface area (Å²) in [4.78, 5) is 0. The maximum atomic E-state index is 9.01. The van der Waals surface area contributed by atoms with Gasteiger partial charge < -0.3 is 9.84 Å². The minimum atomic E-state index is 0.0342. The van der Waals surface area contributed by atoms with Crippen LogP contribution in [0.1, 0.15) is 25.3 Å². The largest absolute Gasteiger partial charge is 0.491 e. The molecule has 0 fully saturated rings. The van der Waals surface area contributed by atoms with Crippen LogP contribution in [0.15, 0.2) is 21.1 Å². The van der Waals surface area contributed by atoms with Crippen molar-refractivity contribution < 1.29 is 9.84 Å². The molecule has 1 N–H and O–H groups in total. The Labute approximate surface area is 107 Å². The highest BCUT2D eigenvalue weighted by molar-refractivity contribution is 9.11. The van der Waals surface area contributed by atoms with Gasteiger partial charge in [-0.2, -0.15) is 0 Å². The molecule has 0 aliphatic heterocycles. The third kappa shape index (κ3) is 3.78. The van der Waals surface area contributed by atoms with Crippen molar-refractivity contribution in [2.75, 3.05) is 6.61 Å². The summed E-state index contributed by atoms with van der Waals surface area (Å²) in [6.45, 7) is 2.88. The molecule has 15 heavy (non-hydrogen) atoms. The number of hydrogen-bond donors (Lipinski definition) is 1. The average Bonchev–Trinajstić information content (AvgIpc) is 2.22. The predicted octanol–water partition coefficient (Wildman–Crippen LogP) is 3.88. The lowest BCUT2D eigenvalue weighted by Gasteiger charge is -2.11. The van der Waals surface area contributed by atoms with E-state index >= 15 is 0 Å². The molecule has 0 aliphatic rings. The van der Waals surface area contributed by atoms with Gasteiger partial charge in [-0.3, -0.25) is 0 Å². The molecule has 0 radical (unpaired) electrons. The summed E-state index contributed by atoms with van der Waals surface area (Å²) in [6, 6.07) is 3.73. The Morgan fingerprint density at radius 1 is 1.27 bits per heavy atom. The quantitative estimate of drug-likeness (QED) is 0.826. The van der Waals surface area contributed by atoms with Gasteiger partial charge in [0.05, 0.1) is 22.2 Å². The fraction of sp³-hybridized carbons (Fsp3) is 0.455. The molecule has 84 valence electrons. The predicted molar refractivity (Wildman–Crippen MR) is 68.2 cm³/mol. The first-order valence-electron chi connectivity index (χ1n) is 4.90. The SMILES string of the molecule is CCCCOc1c(Br)cc(CO)cc1Br. The lowest BCUT2D eigenvalue weighted by molar-refractivity contribution is 0.280. The summed E-state index contributed by atoms with van der Waals surface area (Å²) in [6.07, 6.45) is 2.16. The second-order valence-electron chi connectivity index (χ2n) is 3.25. The van der Waals surface area contributed by atoms with Gasteiger partial charge in [0.1, 0.15) is 5.75 Å². The number of benzene rings is 1. The Kier molecular flexibility index (Phi) is 5.64. The lowest BCUT2D eigenvalue weighted by atomic mass is 10.2. The second kappa shape index (κ2) is 6.51. The van der Waals surface area contributed by atoms with E-state index in [-0.39, 0.29) is 6.61 Å². The third-order valence-electron chi connectivity index (χ3n) is 1.98. The zero-order chi connectivity index (χ0) is 11.3. The zero-order valence-corrected chi connectivity index (χ0v) is 11.8. The first-order chi connectivity index (χ1) is 7.19. The highest BCUT2D eigenvalue weighted by Crippen LogP contribution is 2.34. The number of rotatable bonds is 5. The molecule has 0 aromatic heterocycles. The topological polar surface area (TPSA) is 29.5 Å². The van der Waals surface area contributed by atoms with E-state index in [1.807, 2.05) is 12.1 Å². The molecule has 0 amide bonds. The smallest absolute Gasteiger partial charge is 0.147 e. The molecule has 0 saturated heterocycles. The van der Waals surface area contributed by atoms with Gasteiger partial charge in [-0.15, -0.1) is 0 Å². The van der Waals surface area contributed by atoms with Crippen LogP contribution >= 0.6 is 31.9 Å². The fourth-order valence-corrected chi connectivity index (χ4v) is 2.67. The first-order valence-corrected chi connectivity index (χ1v) is 6.49. The summed E-state index contributed by atoms with van der Waals surface area (Å²) in [5, 5.41) is 9.01. The van der Waals surface area contributed by atoms with Crippen LogP contribution < -0.4 is 4.74 Å². The Morgan fingerprint density at radius 2 is 1.87 bits per heavy atom. The zero-order valence-electron chi connectivity index (χ0n) is 8.59. The van der Waals surface area contributed by atoms with E-state index in [9.17, 15) is 0 Å². The van der Waals surface area contributed by atoms with Gasteiger partial charge in [0.2, 0.25) is 0 Å². The molecule has 1 rings (SSSR count). The molecule has 0 unspecified atom stereocenters. The molecule has 0 bridgehead atoms. The Bertz CT molecular complexity index is 303. The summed E-state index contributed by atoms with van der Waals surface area (Å²) in [5.41, 5.74) is 0.858.